The molecule has 1 aliphatic heterocycles. The van der Waals surface area contributed by atoms with Gasteiger partial charge in [0, 0.05) is 16.8 Å². The van der Waals surface area contributed by atoms with E-state index < -0.39 is 11.8 Å². The SMILES string of the molecule is CCOc1nc2ccsc2c2c1[C@H](c1ccc(C#N)cc1OC)C(C(N)=O)=C(C)N2. The number of carbonyl (C=O) groups is 1. The average Bonchev–Trinajstić information content (AvgIpc) is 3.21. The maximum Gasteiger partial charge on any atom is 0.247 e. The van der Waals surface area contributed by atoms with Gasteiger partial charge in [-0.3, -0.25) is 4.79 Å². The highest BCUT2D eigenvalue weighted by atomic mass is 32.1. The molecule has 0 unspecified atom stereocenters. The summed E-state index contributed by atoms with van der Waals surface area (Å²) < 4.78 is 12.5. The number of benzene rings is 1. The summed E-state index contributed by atoms with van der Waals surface area (Å²) in [6.45, 7) is 4.13. The number of aromatic nitrogens is 1. The van der Waals surface area contributed by atoms with Crippen LogP contribution in [0.2, 0.25) is 0 Å². The summed E-state index contributed by atoms with van der Waals surface area (Å²) in [6, 6.07) is 9.20. The minimum atomic E-state index is -0.554. The van der Waals surface area contributed by atoms with E-state index in [1.165, 1.54) is 7.11 Å². The quantitative estimate of drug-likeness (QED) is 0.648. The summed E-state index contributed by atoms with van der Waals surface area (Å²) in [6.07, 6.45) is 0. The molecule has 1 aliphatic rings. The van der Waals surface area contributed by atoms with Gasteiger partial charge >= 0.3 is 0 Å². The van der Waals surface area contributed by atoms with Crippen molar-refractivity contribution in [3.63, 3.8) is 0 Å². The Bertz CT molecular complexity index is 1240. The van der Waals surface area contributed by atoms with E-state index in [1.54, 1.807) is 29.5 Å². The summed E-state index contributed by atoms with van der Waals surface area (Å²) >= 11 is 1.56. The Morgan fingerprint density at radius 3 is 2.87 bits per heavy atom. The van der Waals surface area contributed by atoms with Crippen LogP contribution in [0.4, 0.5) is 5.69 Å². The lowest BCUT2D eigenvalue weighted by molar-refractivity contribution is -0.114. The van der Waals surface area contributed by atoms with Crippen LogP contribution in [-0.2, 0) is 4.79 Å². The fraction of sp³-hybridized carbons (Fsp3) is 0.227. The fourth-order valence-electron chi connectivity index (χ4n) is 3.89. The summed E-state index contributed by atoms with van der Waals surface area (Å²) in [7, 11) is 1.53. The Morgan fingerprint density at radius 1 is 1.40 bits per heavy atom. The monoisotopic (exact) mass is 420 g/mol. The van der Waals surface area contributed by atoms with Gasteiger partial charge in [0.25, 0.3) is 0 Å². The number of methoxy groups -OCH3 is 1. The first-order valence-corrected chi connectivity index (χ1v) is 10.3. The number of nitrogens with one attached hydrogen (secondary N) is 1. The number of thiophene rings is 1. The number of fused-ring (bicyclic) bond motifs is 3. The number of anilines is 1. The zero-order valence-corrected chi connectivity index (χ0v) is 17.6. The fourth-order valence-corrected chi connectivity index (χ4v) is 4.73. The Labute approximate surface area is 177 Å². The second-order valence-electron chi connectivity index (χ2n) is 6.80. The van der Waals surface area contributed by atoms with Crippen molar-refractivity contribution in [2.75, 3.05) is 19.0 Å². The molecule has 2 aromatic heterocycles. The van der Waals surface area contributed by atoms with E-state index in [0.29, 0.717) is 40.6 Å². The van der Waals surface area contributed by atoms with E-state index >= 15 is 0 Å². The molecule has 0 aliphatic carbocycles. The molecular formula is C22H20N4O3S. The molecule has 0 bridgehead atoms. The van der Waals surface area contributed by atoms with E-state index in [9.17, 15) is 10.1 Å². The second-order valence-corrected chi connectivity index (χ2v) is 7.72. The van der Waals surface area contributed by atoms with Crippen molar-refractivity contribution < 1.29 is 14.3 Å². The van der Waals surface area contributed by atoms with Gasteiger partial charge in [-0.05, 0) is 37.4 Å². The van der Waals surface area contributed by atoms with Gasteiger partial charge in [-0.15, -0.1) is 11.3 Å². The van der Waals surface area contributed by atoms with E-state index in [-0.39, 0.29) is 0 Å². The van der Waals surface area contributed by atoms with Gasteiger partial charge in [0.15, 0.2) is 0 Å². The summed E-state index contributed by atoms with van der Waals surface area (Å²) in [5, 5.41) is 14.6. The molecule has 1 atom stereocenters. The topological polar surface area (TPSA) is 110 Å². The Morgan fingerprint density at radius 2 is 2.20 bits per heavy atom. The van der Waals surface area contributed by atoms with Crippen molar-refractivity contribution in [3.8, 4) is 17.7 Å². The van der Waals surface area contributed by atoms with E-state index in [1.807, 2.05) is 25.3 Å². The second kappa shape index (κ2) is 7.69. The highest BCUT2D eigenvalue weighted by Crippen LogP contribution is 2.50. The largest absolute Gasteiger partial charge is 0.496 e. The van der Waals surface area contributed by atoms with Crippen molar-refractivity contribution >= 4 is 33.1 Å². The molecule has 0 saturated carbocycles. The number of nitrogens with two attached hydrogens (primary N) is 1. The minimum Gasteiger partial charge on any atom is -0.496 e. The van der Waals surface area contributed by atoms with Crippen molar-refractivity contribution in [2.24, 2.45) is 5.73 Å². The maximum atomic E-state index is 12.5. The Kier molecular flexibility index (Phi) is 5.06. The predicted octanol–water partition coefficient (Wildman–Crippen LogP) is 3.89. The number of pyridine rings is 1. The van der Waals surface area contributed by atoms with Crippen LogP contribution >= 0.6 is 11.3 Å². The average molecular weight is 420 g/mol. The lowest BCUT2D eigenvalue weighted by Gasteiger charge is -2.31. The van der Waals surface area contributed by atoms with Crippen molar-refractivity contribution in [1.29, 1.82) is 5.26 Å². The number of nitrogens with zero attached hydrogens (tertiary/aromatic N) is 2. The van der Waals surface area contributed by atoms with Crippen LogP contribution in [0.25, 0.3) is 10.2 Å². The summed E-state index contributed by atoms with van der Waals surface area (Å²) in [5.74, 6) is -0.168. The number of primary amides is 1. The lowest BCUT2D eigenvalue weighted by atomic mass is 9.80. The molecule has 8 heteroatoms. The van der Waals surface area contributed by atoms with Crippen molar-refractivity contribution in [2.45, 2.75) is 19.8 Å². The number of allylic oxidation sites excluding steroid dienone is 1. The lowest BCUT2D eigenvalue weighted by Crippen LogP contribution is -2.28. The first-order valence-electron chi connectivity index (χ1n) is 9.39. The smallest absolute Gasteiger partial charge is 0.247 e. The Hall–Kier alpha value is -3.57. The molecule has 0 fully saturated rings. The molecule has 4 rings (SSSR count). The van der Waals surface area contributed by atoms with Crippen LogP contribution in [0, 0.1) is 11.3 Å². The number of hydrogen-bond acceptors (Lipinski definition) is 7. The summed E-state index contributed by atoms with van der Waals surface area (Å²) in [4.78, 5) is 17.2. The number of hydrogen-bond donors (Lipinski definition) is 2. The molecule has 1 amide bonds. The van der Waals surface area contributed by atoms with Crippen LogP contribution in [0.1, 0.15) is 36.5 Å². The highest BCUT2D eigenvalue weighted by molar-refractivity contribution is 7.17. The molecule has 1 aromatic carbocycles. The predicted molar refractivity (Wildman–Crippen MR) is 116 cm³/mol. The number of rotatable bonds is 5. The minimum absolute atomic E-state index is 0.407. The van der Waals surface area contributed by atoms with Crippen molar-refractivity contribution in [1.82, 2.24) is 4.98 Å². The molecule has 3 N–H and O–H groups in total. The maximum absolute atomic E-state index is 12.5. The summed E-state index contributed by atoms with van der Waals surface area (Å²) in [5.41, 5.74) is 10.5. The van der Waals surface area contributed by atoms with Gasteiger partial charge in [0.1, 0.15) is 5.75 Å². The molecule has 0 spiro atoms. The van der Waals surface area contributed by atoms with Gasteiger partial charge in [-0.2, -0.15) is 5.26 Å². The van der Waals surface area contributed by atoms with Crippen LogP contribution in [0.5, 0.6) is 11.6 Å². The van der Waals surface area contributed by atoms with Gasteiger partial charge in [0.2, 0.25) is 11.8 Å². The molecule has 0 saturated heterocycles. The molecule has 3 heterocycles. The third-order valence-corrected chi connectivity index (χ3v) is 6.03. The van der Waals surface area contributed by atoms with E-state index in [0.717, 1.165) is 21.5 Å². The van der Waals surface area contributed by atoms with Crippen molar-refractivity contribution in [3.05, 3.63) is 57.6 Å². The molecule has 30 heavy (non-hydrogen) atoms. The number of carbonyl (C=O) groups excluding carboxylic acids is 1. The molecule has 7 nitrogen and oxygen atoms in total. The van der Waals surface area contributed by atoms with Gasteiger partial charge in [-0.25, -0.2) is 4.98 Å². The third-order valence-electron chi connectivity index (χ3n) is 5.11. The van der Waals surface area contributed by atoms with Gasteiger partial charge in [0.05, 0.1) is 52.7 Å². The molecule has 152 valence electrons. The third kappa shape index (κ3) is 3.04. The number of ether oxygens (including phenoxy) is 2. The van der Waals surface area contributed by atoms with Gasteiger partial charge in [-0.1, -0.05) is 6.07 Å². The van der Waals surface area contributed by atoms with Crippen LogP contribution in [0.15, 0.2) is 40.9 Å². The molecular weight excluding hydrogens is 400 g/mol. The highest BCUT2D eigenvalue weighted by Gasteiger charge is 2.37. The normalized spacial score (nSPS) is 15.3. The van der Waals surface area contributed by atoms with Crippen LogP contribution in [-0.4, -0.2) is 24.6 Å². The standard InChI is InChI=1S/C22H20N4O3S/c1-4-29-22-18-17(13-6-5-12(10-23)9-15(13)28-3)16(21(24)27)11(2)25-19(18)20-14(26-22)7-8-30-20/h5-9,17,25H,4H2,1-3H3,(H2,24,27)/t17-/m1/s1. The van der Waals surface area contributed by atoms with E-state index in [4.69, 9.17) is 20.2 Å². The zero-order chi connectivity index (χ0) is 21.4. The first kappa shape index (κ1) is 19.7. The first-order chi connectivity index (χ1) is 14.5. The molecule has 0 radical (unpaired) electrons. The zero-order valence-electron chi connectivity index (χ0n) is 16.8. The van der Waals surface area contributed by atoms with E-state index in [2.05, 4.69) is 11.4 Å². The number of amides is 1. The molecule has 3 aromatic rings. The Balaban J connectivity index is 2.09. The van der Waals surface area contributed by atoms with Crippen LogP contribution in [0.3, 0.4) is 0 Å². The van der Waals surface area contributed by atoms with Gasteiger partial charge < -0.3 is 20.5 Å². The van der Waals surface area contributed by atoms with Crippen LogP contribution < -0.4 is 20.5 Å². The number of nitriles is 1.